The highest BCUT2D eigenvalue weighted by Crippen LogP contribution is 2.11. The minimum absolute atomic E-state index is 0.154. The van der Waals surface area contributed by atoms with Crippen molar-refractivity contribution >= 4 is 11.0 Å². The summed E-state index contributed by atoms with van der Waals surface area (Å²) in [6, 6.07) is 10.4. The summed E-state index contributed by atoms with van der Waals surface area (Å²) in [5.41, 5.74) is -0.116. The summed E-state index contributed by atoms with van der Waals surface area (Å²) in [6.07, 6.45) is 1.49. The third-order valence-corrected chi connectivity index (χ3v) is 3.15. The van der Waals surface area contributed by atoms with E-state index in [4.69, 9.17) is 9.57 Å². The van der Waals surface area contributed by atoms with Crippen LogP contribution < -0.4 is 20.8 Å². The largest absolute Gasteiger partial charge is 0.497 e. The van der Waals surface area contributed by atoms with Gasteiger partial charge in [0.2, 0.25) is 0 Å². The average molecular weight is 299 g/mol. The number of hydrogen-bond acceptors (Lipinski definition) is 5. The molecule has 0 fully saturated rings. The van der Waals surface area contributed by atoms with E-state index >= 15 is 0 Å². The van der Waals surface area contributed by atoms with Crippen LogP contribution in [0.4, 0.5) is 0 Å². The maximum atomic E-state index is 11.9. The van der Waals surface area contributed by atoms with E-state index in [9.17, 15) is 9.59 Å². The summed E-state index contributed by atoms with van der Waals surface area (Å²) in [5.74, 6) is 0.733. The van der Waals surface area contributed by atoms with E-state index in [1.165, 1.54) is 6.20 Å². The van der Waals surface area contributed by atoms with E-state index in [1.807, 2.05) is 12.1 Å². The number of nitrogens with zero attached hydrogens (tertiary/aromatic N) is 2. The molecule has 0 spiro atoms. The van der Waals surface area contributed by atoms with Crippen molar-refractivity contribution < 1.29 is 9.57 Å². The molecule has 0 unspecified atom stereocenters. The molecule has 0 aliphatic heterocycles. The fraction of sp³-hybridized carbons (Fsp3) is 0.133. The Bertz CT molecular complexity index is 912. The predicted molar refractivity (Wildman–Crippen MR) is 79.9 cm³/mol. The van der Waals surface area contributed by atoms with Crippen LogP contribution in [0, 0.1) is 0 Å². The van der Waals surface area contributed by atoms with Gasteiger partial charge in [0, 0.05) is 6.20 Å². The van der Waals surface area contributed by atoms with Crippen LogP contribution in [-0.4, -0.2) is 21.8 Å². The van der Waals surface area contributed by atoms with Crippen LogP contribution in [0.15, 0.2) is 52.2 Å². The maximum absolute atomic E-state index is 11.9. The molecule has 0 aliphatic carbocycles. The Hall–Kier alpha value is -3.09. The number of benzene rings is 1. The Morgan fingerprint density at radius 3 is 2.68 bits per heavy atom. The second kappa shape index (κ2) is 5.72. The number of pyridine rings is 1. The second-order valence-electron chi connectivity index (χ2n) is 4.55. The fourth-order valence-corrected chi connectivity index (χ4v) is 2.03. The number of aromatic amines is 1. The van der Waals surface area contributed by atoms with Crippen LogP contribution >= 0.6 is 0 Å². The molecule has 0 radical (unpaired) electrons. The van der Waals surface area contributed by atoms with Crippen LogP contribution in [0.5, 0.6) is 5.75 Å². The van der Waals surface area contributed by atoms with Crippen LogP contribution in [0.25, 0.3) is 11.0 Å². The first-order valence-electron chi connectivity index (χ1n) is 6.55. The number of hydrogen-bond donors (Lipinski definition) is 1. The highest BCUT2D eigenvalue weighted by atomic mass is 16.7. The Morgan fingerprint density at radius 1 is 1.18 bits per heavy atom. The molecule has 0 atom stereocenters. The number of nitrogens with one attached hydrogen (secondary N) is 1. The highest BCUT2D eigenvalue weighted by Gasteiger charge is 2.09. The number of methoxy groups -OCH3 is 1. The Kier molecular flexibility index (Phi) is 3.61. The van der Waals surface area contributed by atoms with Crippen molar-refractivity contribution in [3.8, 4) is 5.75 Å². The van der Waals surface area contributed by atoms with E-state index in [2.05, 4.69) is 9.97 Å². The van der Waals surface area contributed by atoms with Crippen molar-refractivity contribution in [2.45, 2.75) is 6.61 Å². The molecule has 7 nitrogen and oxygen atoms in total. The monoisotopic (exact) mass is 299 g/mol. The quantitative estimate of drug-likeness (QED) is 0.767. The van der Waals surface area contributed by atoms with Gasteiger partial charge in [0.1, 0.15) is 12.4 Å². The minimum atomic E-state index is -0.662. The van der Waals surface area contributed by atoms with Gasteiger partial charge in [-0.25, -0.2) is 9.78 Å². The molecule has 112 valence electrons. The van der Waals surface area contributed by atoms with E-state index in [1.54, 1.807) is 31.4 Å². The number of aromatic nitrogens is 3. The molecule has 1 N–H and O–H groups in total. The summed E-state index contributed by atoms with van der Waals surface area (Å²) in [6.45, 7) is 0.154. The lowest BCUT2D eigenvalue weighted by atomic mass is 10.2. The number of H-pyrrole nitrogens is 1. The first-order chi connectivity index (χ1) is 10.7. The molecule has 3 rings (SSSR count). The van der Waals surface area contributed by atoms with Gasteiger partial charge < -0.3 is 9.57 Å². The smallest absolute Gasteiger partial charge is 0.363 e. The lowest BCUT2D eigenvalue weighted by molar-refractivity contribution is 0.0946. The molecule has 0 amide bonds. The van der Waals surface area contributed by atoms with Gasteiger partial charge >= 0.3 is 5.69 Å². The van der Waals surface area contributed by atoms with Gasteiger partial charge in [0.25, 0.3) is 5.56 Å². The zero-order valence-corrected chi connectivity index (χ0v) is 11.8. The normalized spacial score (nSPS) is 10.6. The fourth-order valence-electron chi connectivity index (χ4n) is 2.03. The summed E-state index contributed by atoms with van der Waals surface area (Å²) >= 11 is 0. The molecule has 3 aromatic rings. The van der Waals surface area contributed by atoms with Gasteiger partial charge in [-0.15, -0.1) is 4.73 Å². The zero-order chi connectivity index (χ0) is 15.5. The van der Waals surface area contributed by atoms with E-state index in [-0.39, 0.29) is 17.6 Å². The van der Waals surface area contributed by atoms with Gasteiger partial charge in [-0.2, -0.15) is 0 Å². The van der Waals surface area contributed by atoms with Crippen molar-refractivity contribution in [2.24, 2.45) is 0 Å². The number of fused-ring (bicyclic) bond motifs is 1. The summed E-state index contributed by atoms with van der Waals surface area (Å²) in [5, 5.41) is 0.289. The van der Waals surface area contributed by atoms with Gasteiger partial charge in [0.05, 0.1) is 12.5 Å². The molecule has 22 heavy (non-hydrogen) atoms. The van der Waals surface area contributed by atoms with E-state index in [0.717, 1.165) is 16.0 Å². The van der Waals surface area contributed by atoms with Crippen LogP contribution in [0.1, 0.15) is 5.56 Å². The standard InChI is InChI=1S/C15H13N3O4/c1-21-11-6-4-10(5-7-11)9-22-18-13-12(3-2-8-16-13)14(19)17-15(18)20/h2-8H,9H2,1H3,(H,17,19,20). The average Bonchev–Trinajstić information content (AvgIpc) is 2.55. The summed E-state index contributed by atoms with van der Waals surface area (Å²) in [4.78, 5) is 35.4. The number of rotatable bonds is 4. The first-order valence-corrected chi connectivity index (χ1v) is 6.55. The molecule has 7 heteroatoms. The Balaban J connectivity index is 1.93. The molecule has 2 aromatic heterocycles. The first kappa shape index (κ1) is 13.9. The van der Waals surface area contributed by atoms with Crippen molar-refractivity contribution in [2.75, 3.05) is 7.11 Å². The number of ether oxygens (including phenoxy) is 1. The highest BCUT2D eigenvalue weighted by molar-refractivity contribution is 5.72. The Morgan fingerprint density at radius 2 is 1.95 bits per heavy atom. The molecule has 1 aromatic carbocycles. The lowest BCUT2D eigenvalue weighted by Crippen LogP contribution is -2.34. The topological polar surface area (TPSA) is 86.2 Å². The molecule has 0 bridgehead atoms. The molecule has 0 saturated carbocycles. The molecule has 2 heterocycles. The van der Waals surface area contributed by atoms with Crippen molar-refractivity contribution in [3.05, 3.63) is 69.0 Å². The molecule has 0 saturated heterocycles. The minimum Gasteiger partial charge on any atom is -0.497 e. The zero-order valence-electron chi connectivity index (χ0n) is 11.8. The van der Waals surface area contributed by atoms with Crippen LogP contribution in [-0.2, 0) is 6.61 Å². The van der Waals surface area contributed by atoms with E-state index < -0.39 is 11.2 Å². The van der Waals surface area contributed by atoms with Crippen molar-refractivity contribution in [1.29, 1.82) is 0 Å². The molecular formula is C15H13N3O4. The van der Waals surface area contributed by atoms with Gasteiger partial charge in [-0.05, 0) is 29.8 Å². The van der Waals surface area contributed by atoms with Crippen molar-refractivity contribution in [1.82, 2.24) is 14.7 Å². The SMILES string of the molecule is COc1ccc(COn2c(=O)[nH]c(=O)c3cccnc32)cc1. The van der Waals surface area contributed by atoms with Gasteiger partial charge in [0.15, 0.2) is 5.65 Å². The summed E-state index contributed by atoms with van der Waals surface area (Å²) < 4.78 is 6.06. The Labute approximate surface area is 124 Å². The van der Waals surface area contributed by atoms with Crippen molar-refractivity contribution in [3.63, 3.8) is 0 Å². The van der Waals surface area contributed by atoms with Crippen LogP contribution in [0.2, 0.25) is 0 Å². The van der Waals surface area contributed by atoms with E-state index in [0.29, 0.717) is 0 Å². The molecular weight excluding hydrogens is 286 g/mol. The predicted octanol–water partition coefficient (Wildman–Crippen LogP) is 0.722. The molecule has 0 aliphatic rings. The maximum Gasteiger partial charge on any atom is 0.363 e. The van der Waals surface area contributed by atoms with Gasteiger partial charge in [-0.3, -0.25) is 9.78 Å². The lowest BCUT2D eigenvalue weighted by Gasteiger charge is -2.10. The third-order valence-electron chi connectivity index (χ3n) is 3.15. The van der Waals surface area contributed by atoms with Crippen LogP contribution in [0.3, 0.4) is 0 Å². The van der Waals surface area contributed by atoms with Gasteiger partial charge in [-0.1, -0.05) is 12.1 Å². The third kappa shape index (κ3) is 2.56. The summed E-state index contributed by atoms with van der Waals surface area (Å²) in [7, 11) is 1.59. The second-order valence-corrected chi connectivity index (χ2v) is 4.55.